The van der Waals surface area contributed by atoms with E-state index in [0.717, 1.165) is 9.36 Å². The highest BCUT2D eigenvalue weighted by molar-refractivity contribution is 5.49. The third kappa shape index (κ3) is 2.93. The topological polar surface area (TPSA) is 71.2 Å². The predicted octanol–water partition coefficient (Wildman–Crippen LogP) is 1.64. The van der Waals surface area contributed by atoms with Crippen molar-refractivity contribution in [1.29, 1.82) is 0 Å². The minimum atomic E-state index is -0.417. The van der Waals surface area contributed by atoms with Crippen molar-refractivity contribution in [2.75, 3.05) is 19.8 Å². The average molecular weight is 336 g/mol. The van der Waals surface area contributed by atoms with E-state index in [0.29, 0.717) is 31.1 Å². The van der Waals surface area contributed by atoms with Gasteiger partial charge in [-0.15, -0.1) is 0 Å². The highest BCUT2D eigenvalue weighted by atomic mass is 19.1. The Morgan fingerprint density at radius 1 is 1.38 bits per heavy atom. The molecule has 1 fully saturated rings. The van der Waals surface area contributed by atoms with Gasteiger partial charge in [0.05, 0.1) is 19.8 Å². The molecule has 0 spiro atoms. The molecule has 0 atom stereocenters. The van der Waals surface area contributed by atoms with Crippen LogP contribution in [0.25, 0.3) is 5.69 Å². The molecule has 24 heavy (non-hydrogen) atoms. The summed E-state index contributed by atoms with van der Waals surface area (Å²) in [6, 6.07) is 2.92. The number of nitrogens with zero attached hydrogens (tertiary/aromatic N) is 4. The fourth-order valence-electron chi connectivity index (χ4n) is 2.53. The second-order valence-corrected chi connectivity index (χ2v) is 6.89. The molecule has 1 aromatic heterocycles. The van der Waals surface area contributed by atoms with E-state index in [-0.39, 0.29) is 22.9 Å². The Balaban J connectivity index is 2.04. The number of tetrazole rings is 1. The minimum Gasteiger partial charge on any atom is -0.490 e. The van der Waals surface area contributed by atoms with Crippen LogP contribution in [0.2, 0.25) is 0 Å². The molecule has 130 valence electrons. The van der Waals surface area contributed by atoms with Crippen molar-refractivity contribution in [3.05, 3.63) is 34.0 Å². The number of hydrogen-bond acceptors (Lipinski definition) is 5. The quantitative estimate of drug-likeness (QED) is 0.830. The molecule has 0 amide bonds. The molecule has 1 aliphatic heterocycles. The standard InChI is InChI=1S/C16H21FN4O3/c1-10(2)11-5-13(21-15(22)20(4)18-19-21)14(6-12(11)17)24-9-16(3)7-23-8-16/h5-6,10H,7-9H2,1-4H3. The van der Waals surface area contributed by atoms with Gasteiger partial charge in [0.1, 0.15) is 17.3 Å². The lowest BCUT2D eigenvalue weighted by Gasteiger charge is -2.37. The molecule has 3 rings (SSSR count). The summed E-state index contributed by atoms with van der Waals surface area (Å²) < 4.78 is 27.6. The van der Waals surface area contributed by atoms with Crippen molar-refractivity contribution in [3.63, 3.8) is 0 Å². The molecule has 2 heterocycles. The molecule has 2 aromatic rings. The summed E-state index contributed by atoms with van der Waals surface area (Å²) in [4.78, 5) is 12.2. The average Bonchev–Trinajstić information content (AvgIpc) is 2.83. The van der Waals surface area contributed by atoms with Gasteiger partial charge in [-0.1, -0.05) is 20.8 Å². The minimum absolute atomic E-state index is 0.0391. The Kier molecular flexibility index (Phi) is 4.16. The van der Waals surface area contributed by atoms with Crippen LogP contribution in [-0.4, -0.2) is 39.6 Å². The van der Waals surface area contributed by atoms with E-state index >= 15 is 0 Å². The Hall–Kier alpha value is -2.22. The summed E-state index contributed by atoms with van der Waals surface area (Å²) >= 11 is 0. The van der Waals surface area contributed by atoms with Crippen LogP contribution in [0.1, 0.15) is 32.3 Å². The van der Waals surface area contributed by atoms with E-state index < -0.39 is 5.69 Å². The first-order valence-corrected chi connectivity index (χ1v) is 7.84. The normalized spacial score (nSPS) is 16.2. The molecule has 1 saturated heterocycles. The molecule has 1 aliphatic rings. The monoisotopic (exact) mass is 336 g/mol. The van der Waals surface area contributed by atoms with Crippen molar-refractivity contribution in [3.8, 4) is 11.4 Å². The summed E-state index contributed by atoms with van der Waals surface area (Å²) in [6.07, 6.45) is 0. The highest BCUT2D eigenvalue weighted by Gasteiger charge is 2.34. The summed E-state index contributed by atoms with van der Waals surface area (Å²) in [5, 5.41) is 7.56. The van der Waals surface area contributed by atoms with Crippen LogP contribution in [0.3, 0.4) is 0 Å². The van der Waals surface area contributed by atoms with E-state index in [1.165, 1.54) is 13.1 Å². The lowest BCUT2D eigenvalue weighted by molar-refractivity contribution is -0.120. The number of aromatic nitrogens is 4. The maximum Gasteiger partial charge on any atom is 0.368 e. The van der Waals surface area contributed by atoms with Gasteiger partial charge in [0.2, 0.25) is 0 Å². The number of halogens is 1. The third-order valence-electron chi connectivity index (χ3n) is 4.13. The van der Waals surface area contributed by atoms with Crippen molar-refractivity contribution in [2.45, 2.75) is 26.7 Å². The SMILES string of the molecule is CC(C)c1cc(-n2nnn(C)c2=O)c(OCC2(C)COC2)cc1F. The van der Waals surface area contributed by atoms with Gasteiger partial charge < -0.3 is 9.47 Å². The summed E-state index contributed by atoms with van der Waals surface area (Å²) in [5.74, 6) is -0.133. The molecule has 0 N–H and O–H groups in total. The first-order chi connectivity index (χ1) is 11.3. The fourth-order valence-corrected chi connectivity index (χ4v) is 2.53. The molecule has 8 heteroatoms. The molecule has 0 bridgehead atoms. The van der Waals surface area contributed by atoms with Crippen molar-refractivity contribution in [1.82, 2.24) is 19.8 Å². The number of aryl methyl sites for hydroxylation is 1. The van der Waals surface area contributed by atoms with E-state index in [1.54, 1.807) is 6.07 Å². The van der Waals surface area contributed by atoms with Gasteiger partial charge in [-0.3, -0.25) is 0 Å². The van der Waals surface area contributed by atoms with Gasteiger partial charge in [0.15, 0.2) is 0 Å². The zero-order valence-electron chi connectivity index (χ0n) is 14.2. The van der Waals surface area contributed by atoms with Crippen LogP contribution in [0.4, 0.5) is 4.39 Å². The maximum atomic E-state index is 14.4. The smallest absolute Gasteiger partial charge is 0.368 e. The molecule has 0 saturated carbocycles. The first kappa shape index (κ1) is 16.6. The molecule has 0 unspecified atom stereocenters. The van der Waals surface area contributed by atoms with Crippen molar-refractivity contribution < 1.29 is 13.9 Å². The van der Waals surface area contributed by atoms with E-state index in [1.807, 2.05) is 20.8 Å². The predicted molar refractivity (Wildman–Crippen MR) is 85.1 cm³/mol. The largest absolute Gasteiger partial charge is 0.490 e. The van der Waals surface area contributed by atoms with Crippen molar-refractivity contribution >= 4 is 0 Å². The van der Waals surface area contributed by atoms with Gasteiger partial charge in [-0.2, -0.15) is 9.36 Å². The molecule has 0 radical (unpaired) electrons. The summed E-state index contributed by atoms with van der Waals surface area (Å²) in [6.45, 7) is 7.36. The zero-order valence-corrected chi connectivity index (χ0v) is 14.2. The Morgan fingerprint density at radius 2 is 2.08 bits per heavy atom. The van der Waals surface area contributed by atoms with E-state index in [2.05, 4.69) is 10.4 Å². The van der Waals surface area contributed by atoms with Gasteiger partial charge in [-0.25, -0.2) is 9.18 Å². The molecule has 0 aliphatic carbocycles. The maximum absolute atomic E-state index is 14.4. The fraction of sp³-hybridized carbons (Fsp3) is 0.562. The summed E-state index contributed by atoms with van der Waals surface area (Å²) in [7, 11) is 1.51. The van der Waals surface area contributed by atoms with Gasteiger partial charge >= 0.3 is 5.69 Å². The molecule has 7 nitrogen and oxygen atoms in total. The van der Waals surface area contributed by atoms with Gasteiger partial charge in [-0.05, 0) is 28.0 Å². The van der Waals surface area contributed by atoms with Crippen LogP contribution in [-0.2, 0) is 11.8 Å². The number of rotatable bonds is 5. The second kappa shape index (κ2) is 6.01. The van der Waals surface area contributed by atoms with Crippen LogP contribution in [0.5, 0.6) is 5.75 Å². The lowest BCUT2D eigenvalue weighted by Crippen LogP contribution is -2.44. The highest BCUT2D eigenvalue weighted by Crippen LogP contribution is 2.32. The molecule has 1 aromatic carbocycles. The number of benzene rings is 1. The Morgan fingerprint density at radius 3 is 2.58 bits per heavy atom. The lowest BCUT2D eigenvalue weighted by atomic mass is 9.90. The van der Waals surface area contributed by atoms with E-state index in [4.69, 9.17) is 9.47 Å². The first-order valence-electron chi connectivity index (χ1n) is 7.84. The molecular formula is C16H21FN4O3. The van der Waals surface area contributed by atoms with Crippen LogP contribution in [0, 0.1) is 11.2 Å². The van der Waals surface area contributed by atoms with Crippen molar-refractivity contribution in [2.24, 2.45) is 12.5 Å². The second-order valence-electron chi connectivity index (χ2n) is 6.89. The van der Waals surface area contributed by atoms with Crippen LogP contribution >= 0.6 is 0 Å². The van der Waals surface area contributed by atoms with Crippen LogP contribution < -0.4 is 10.4 Å². The summed E-state index contributed by atoms with van der Waals surface area (Å²) in [5.41, 5.74) is 0.368. The number of ether oxygens (including phenoxy) is 2. The Bertz CT molecular complexity index is 808. The Labute approximate surface area is 139 Å². The van der Waals surface area contributed by atoms with Gasteiger partial charge in [0.25, 0.3) is 0 Å². The number of hydrogen-bond donors (Lipinski definition) is 0. The van der Waals surface area contributed by atoms with E-state index in [9.17, 15) is 9.18 Å². The molecular weight excluding hydrogens is 315 g/mol. The van der Waals surface area contributed by atoms with Crippen LogP contribution in [0.15, 0.2) is 16.9 Å². The zero-order chi connectivity index (χ0) is 17.5. The third-order valence-corrected chi connectivity index (χ3v) is 4.13. The van der Waals surface area contributed by atoms with Gasteiger partial charge in [0, 0.05) is 18.5 Å².